The summed E-state index contributed by atoms with van der Waals surface area (Å²) in [5, 5.41) is 3.38. The molecule has 24 heavy (non-hydrogen) atoms. The van der Waals surface area contributed by atoms with Gasteiger partial charge in [0.1, 0.15) is 5.82 Å². The normalized spacial score (nSPS) is 17.9. The van der Waals surface area contributed by atoms with Crippen LogP contribution in [0.15, 0.2) is 53.6 Å². The molecule has 2 heterocycles. The van der Waals surface area contributed by atoms with Gasteiger partial charge in [-0.05, 0) is 48.7 Å². The third kappa shape index (κ3) is 3.87. The van der Waals surface area contributed by atoms with E-state index in [1.54, 1.807) is 25.3 Å². The molecule has 0 radical (unpaired) electrons. The van der Waals surface area contributed by atoms with Gasteiger partial charge in [0.15, 0.2) is 9.84 Å². The maximum atomic E-state index is 11.9. The van der Waals surface area contributed by atoms with Crippen molar-refractivity contribution in [3.05, 3.63) is 48.7 Å². The molecule has 3 rings (SSSR count). The van der Waals surface area contributed by atoms with Crippen molar-refractivity contribution in [1.82, 2.24) is 4.98 Å². The highest BCUT2D eigenvalue weighted by molar-refractivity contribution is 7.91. The molecule has 0 amide bonds. The Bertz CT molecular complexity index is 761. The van der Waals surface area contributed by atoms with Crippen LogP contribution in [-0.2, 0) is 9.84 Å². The number of anilines is 2. The maximum Gasteiger partial charge on any atom is 0.178 e. The van der Waals surface area contributed by atoms with Crippen LogP contribution in [0.2, 0.25) is 0 Å². The van der Waals surface area contributed by atoms with Gasteiger partial charge >= 0.3 is 0 Å². The van der Waals surface area contributed by atoms with Crippen LogP contribution < -0.4 is 10.2 Å². The van der Waals surface area contributed by atoms with Gasteiger partial charge in [-0.3, -0.25) is 0 Å². The van der Waals surface area contributed by atoms with Gasteiger partial charge < -0.3 is 10.2 Å². The molecular formula is C18H23N3O2S. The Morgan fingerprint density at radius 1 is 1.21 bits per heavy atom. The summed E-state index contributed by atoms with van der Waals surface area (Å²) in [6.45, 7) is 4.53. The minimum Gasteiger partial charge on any atom is -0.371 e. The van der Waals surface area contributed by atoms with E-state index in [4.69, 9.17) is 0 Å². The molecule has 0 unspecified atom stereocenters. The third-order valence-corrected chi connectivity index (χ3v) is 6.21. The SMILES string of the molecule is CCS(=O)(=O)c1ccc(N2CC[C@@H](CNc3ccccn3)C2)cc1. The van der Waals surface area contributed by atoms with Crippen molar-refractivity contribution in [1.29, 1.82) is 0 Å². The van der Waals surface area contributed by atoms with Crippen LogP contribution in [0.1, 0.15) is 13.3 Å². The fourth-order valence-corrected chi connectivity index (χ4v) is 3.87. The highest BCUT2D eigenvalue weighted by Gasteiger charge is 2.23. The van der Waals surface area contributed by atoms with Crippen LogP contribution in [0.25, 0.3) is 0 Å². The minimum absolute atomic E-state index is 0.136. The molecule has 0 bridgehead atoms. The first-order valence-corrected chi connectivity index (χ1v) is 9.96. The van der Waals surface area contributed by atoms with Crippen molar-refractivity contribution in [3.63, 3.8) is 0 Å². The van der Waals surface area contributed by atoms with E-state index in [1.165, 1.54) is 0 Å². The molecule has 1 saturated heterocycles. The van der Waals surface area contributed by atoms with E-state index in [-0.39, 0.29) is 5.75 Å². The molecule has 5 nitrogen and oxygen atoms in total. The van der Waals surface area contributed by atoms with Gasteiger partial charge in [0.25, 0.3) is 0 Å². The Morgan fingerprint density at radius 2 is 2.00 bits per heavy atom. The minimum atomic E-state index is -3.12. The molecule has 0 saturated carbocycles. The fraction of sp³-hybridized carbons (Fsp3) is 0.389. The molecule has 128 valence electrons. The molecule has 0 aliphatic carbocycles. The predicted molar refractivity (Wildman–Crippen MR) is 97.2 cm³/mol. The molecule has 1 atom stereocenters. The van der Waals surface area contributed by atoms with E-state index in [9.17, 15) is 8.42 Å². The average Bonchev–Trinajstić information content (AvgIpc) is 3.10. The van der Waals surface area contributed by atoms with E-state index in [1.807, 2.05) is 30.3 Å². The number of rotatable bonds is 6. The summed E-state index contributed by atoms with van der Waals surface area (Å²) < 4.78 is 23.8. The van der Waals surface area contributed by atoms with E-state index in [0.29, 0.717) is 10.8 Å². The number of aromatic nitrogens is 1. The van der Waals surface area contributed by atoms with Crippen molar-refractivity contribution in [3.8, 4) is 0 Å². The van der Waals surface area contributed by atoms with Crippen LogP contribution in [0.3, 0.4) is 0 Å². The number of nitrogens with one attached hydrogen (secondary N) is 1. The van der Waals surface area contributed by atoms with E-state index >= 15 is 0 Å². The summed E-state index contributed by atoms with van der Waals surface area (Å²) in [5.74, 6) is 1.60. The van der Waals surface area contributed by atoms with Gasteiger partial charge in [0.2, 0.25) is 0 Å². The molecule has 1 aromatic heterocycles. The lowest BCUT2D eigenvalue weighted by atomic mass is 10.1. The first-order chi connectivity index (χ1) is 11.6. The Kier molecular flexibility index (Phi) is 5.04. The van der Waals surface area contributed by atoms with Gasteiger partial charge in [-0.1, -0.05) is 13.0 Å². The molecule has 1 aliphatic heterocycles. The van der Waals surface area contributed by atoms with Crippen LogP contribution >= 0.6 is 0 Å². The molecule has 1 fully saturated rings. The summed E-state index contributed by atoms with van der Waals surface area (Å²) in [6, 6.07) is 13.1. The highest BCUT2D eigenvalue weighted by Crippen LogP contribution is 2.25. The van der Waals surface area contributed by atoms with Crippen molar-refractivity contribution in [2.45, 2.75) is 18.2 Å². The summed E-state index contributed by atoms with van der Waals surface area (Å²) in [7, 11) is -3.12. The van der Waals surface area contributed by atoms with Gasteiger partial charge in [-0.2, -0.15) is 0 Å². The molecule has 0 spiro atoms. The summed E-state index contributed by atoms with van der Waals surface area (Å²) in [5.41, 5.74) is 1.09. The summed E-state index contributed by atoms with van der Waals surface area (Å²) in [6.07, 6.45) is 2.91. The molecule has 1 N–H and O–H groups in total. The lowest BCUT2D eigenvalue weighted by molar-refractivity contribution is 0.597. The molecule has 1 aromatic carbocycles. The van der Waals surface area contributed by atoms with Crippen LogP contribution in [0, 0.1) is 5.92 Å². The van der Waals surface area contributed by atoms with Crippen LogP contribution in [0.4, 0.5) is 11.5 Å². The maximum absolute atomic E-state index is 11.9. The van der Waals surface area contributed by atoms with Gasteiger partial charge in [0, 0.05) is 31.5 Å². The number of nitrogens with zero attached hydrogens (tertiary/aromatic N) is 2. The third-order valence-electron chi connectivity index (χ3n) is 4.46. The summed E-state index contributed by atoms with van der Waals surface area (Å²) in [4.78, 5) is 6.99. The molecule has 6 heteroatoms. The number of benzene rings is 1. The fourth-order valence-electron chi connectivity index (χ4n) is 2.98. The van der Waals surface area contributed by atoms with Gasteiger partial charge in [-0.25, -0.2) is 13.4 Å². The molecular weight excluding hydrogens is 322 g/mol. The quantitative estimate of drug-likeness (QED) is 0.872. The topological polar surface area (TPSA) is 62.3 Å². The number of hydrogen-bond donors (Lipinski definition) is 1. The van der Waals surface area contributed by atoms with Gasteiger partial charge in [-0.15, -0.1) is 0 Å². The second kappa shape index (κ2) is 7.21. The van der Waals surface area contributed by atoms with Crippen molar-refractivity contribution < 1.29 is 8.42 Å². The average molecular weight is 345 g/mol. The predicted octanol–water partition coefficient (Wildman–Crippen LogP) is 2.81. The Balaban J connectivity index is 1.57. The van der Waals surface area contributed by atoms with Crippen LogP contribution in [0.5, 0.6) is 0 Å². The monoisotopic (exact) mass is 345 g/mol. The zero-order valence-corrected chi connectivity index (χ0v) is 14.7. The van der Waals surface area contributed by atoms with E-state index in [0.717, 1.165) is 37.6 Å². The van der Waals surface area contributed by atoms with E-state index in [2.05, 4.69) is 15.2 Å². The Hall–Kier alpha value is -2.08. The first-order valence-electron chi connectivity index (χ1n) is 8.31. The Labute approximate surface area is 143 Å². The largest absolute Gasteiger partial charge is 0.371 e. The lowest BCUT2D eigenvalue weighted by Gasteiger charge is -2.19. The van der Waals surface area contributed by atoms with E-state index < -0.39 is 9.84 Å². The number of hydrogen-bond acceptors (Lipinski definition) is 5. The standard InChI is InChI=1S/C18H23N3O2S/c1-2-24(22,23)17-8-6-16(7-9-17)21-12-10-15(14-21)13-20-18-5-3-4-11-19-18/h3-9,11,15H,2,10,12-14H2,1H3,(H,19,20)/t15-/m0/s1. The van der Waals surface area contributed by atoms with Crippen LogP contribution in [-0.4, -0.2) is 38.8 Å². The van der Waals surface area contributed by atoms with Gasteiger partial charge in [0.05, 0.1) is 10.6 Å². The summed E-state index contributed by atoms with van der Waals surface area (Å²) >= 11 is 0. The lowest BCUT2D eigenvalue weighted by Crippen LogP contribution is -2.22. The molecule has 1 aliphatic rings. The second-order valence-electron chi connectivity index (χ2n) is 6.09. The smallest absolute Gasteiger partial charge is 0.178 e. The number of sulfone groups is 1. The van der Waals surface area contributed by atoms with Crippen molar-refractivity contribution in [2.24, 2.45) is 5.92 Å². The highest BCUT2D eigenvalue weighted by atomic mass is 32.2. The second-order valence-corrected chi connectivity index (χ2v) is 8.37. The molecule has 2 aromatic rings. The zero-order chi connectivity index (χ0) is 17.0. The number of pyridine rings is 1. The zero-order valence-electron chi connectivity index (χ0n) is 13.9. The first kappa shape index (κ1) is 16.8. The Morgan fingerprint density at radius 3 is 2.67 bits per heavy atom. The van der Waals surface area contributed by atoms with Crippen molar-refractivity contribution >= 4 is 21.3 Å². The van der Waals surface area contributed by atoms with Crippen molar-refractivity contribution in [2.75, 3.05) is 35.6 Å².